The predicted molar refractivity (Wildman–Crippen MR) is 107 cm³/mol. The third kappa shape index (κ3) is 2.67. The standard InChI is InChI=1S/C23H23S/c1-22(2,18-24)23(19-12-6-3-7-13-19,20-14-8-4-9-15-20)21-16-10-5-11-17-21/h3-17,24H,1,18H2,2H3. The van der Waals surface area contributed by atoms with Crippen LogP contribution < -0.4 is 0 Å². The number of hydrogen-bond acceptors (Lipinski definition) is 1. The maximum atomic E-state index is 4.68. The molecule has 3 aromatic rings. The van der Waals surface area contributed by atoms with E-state index in [2.05, 4.69) is 117 Å². The van der Waals surface area contributed by atoms with Gasteiger partial charge >= 0.3 is 0 Å². The zero-order chi connectivity index (χ0) is 17.0. The van der Waals surface area contributed by atoms with Gasteiger partial charge in [-0.15, -0.1) is 0 Å². The van der Waals surface area contributed by atoms with Crippen LogP contribution in [0.5, 0.6) is 0 Å². The van der Waals surface area contributed by atoms with E-state index in [-0.39, 0.29) is 10.8 Å². The Morgan fingerprint density at radius 2 is 0.958 bits per heavy atom. The van der Waals surface area contributed by atoms with Gasteiger partial charge in [-0.25, -0.2) is 0 Å². The van der Waals surface area contributed by atoms with Gasteiger partial charge in [-0.3, -0.25) is 0 Å². The SMILES string of the molecule is [CH2]C(C)(CS)C(c1ccccc1)(c1ccccc1)c1ccccc1. The lowest BCUT2D eigenvalue weighted by atomic mass is 9.56. The molecular formula is C23H23S. The summed E-state index contributed by atoms with van der Waals surface area (Å²) in [7, 11) is 0. The van der Waals surface area contributed by atoms with E-state index in [0.717, 1.165) is 0 Å². The van der Waals surface area contributed by atoms with E-state index in [4.69, 9.17) is 0 Å². The topological polar surface area (TPSA) is 0 Å². The summed E-state index contributed by atoms with van der Waals surface area (Å²) in [6, 6.07) is 32.0. The Balaban J connectivity index is 2.42. The minimum Gasteiger partial charge on any atom is -0.179 e. The summed E-state index contributed by atoms with van der Waals surface area (Å²) >= 11 is 4.68. The Morgan fingerprint density at radius 1 is 0.667 bits per heavy atom. The second kappa shape index (κ2) is 6.86. The highest BCUT2D eigenvalue weighted by atomic mass is 32.1. The first kappa shape index (κ1) is 16.9. The van der Waals surface area contributed by atoms with Crippen LogP contribution in [0.25, 0.3) is 0 Å². The molecule has 0 saturated heterocycles. The monoisotopic (exact) mass is 331 g/mol. The number of benzene rings is 3. The molecule has 0 aliphatic rings. The fraction of sp³-hybridized carbons (Fsp3) is 0.174. The highest BCUT2D eigenvalue weighted by molar-refractivity contribution is 7.80. The average Bonchev–Trinajstić information content (AvgIpc) is 2.65. The maximum absolute atomic E-state index is 4.68. The molecule has 0 nitrogen and oxygen atoms in total. The van der Waals surface area contributed by atoms with E-state index < -0.39 is 0 Å². The Labute approximate surface area is 151 Å². The van der Waals surface area contributed by atoms with Crippen LogP contribution in [0.4, 0.5) is 0 Å². The molecule has 0 aliphatic carbocycles. The molecule has 0 heterocycles. The fourth-order valence-electron chi connectivity index (χ4n) is 3.73. The van der Waals surface area contributed by atoms with Gasteiger partial charge < -0.3 is 0 Å². The smallest absolute Gasteiger partial charge is 0.0512 e. The molecule has 3 rings (SSSR count). The molecule has 0 aromatic heterocycles. The first-order valence-corrected chi connectivity index (χ1v) is 8.89. The summed E-state index contributed by atoms with van der Waals surface area (Å²) < 4.78 is 0. The van der Waals surface area contributed by atoms with Crippen molar-refractivity contribution in [3.8, 4) is 0 Å². The molecule has 0 amide bonds. The summed E-state index contributed by atoms with van der Waals surface area (Å²) in [4.78, 5) is 0. The molecular weight excluding hydrogens is 308 g/mol. The van der Waals surface area contributed by atoms with Crippen molar-refractivity contribution < 1.29 is 0 Å². The van der Waals surface area contributed by atoms with Crippen LogP contribution in [-0.4, -0.2) is 5.75 Å². The van der Waals surface area contributed by atoms with Gasteiger partial charge in [0.2, 0.25) is 0 Å². The minimum atomic E-state index is -0.363. The molecule has 0 saturated carbocycles. The van der Waals surface area contributed by atoms with Crippen molar-refractivity contribution in [1.82, 2.24) is 0 Å². The van der Waals surface area contributed by atoms with Crippen molar-refractivity contribution in [2.75, 3.05) is 5.75 Å². The van der Waals surface area contributed by atoms with Crippen molar-refractivity contribution in [2.24, 2.45) is 5.41 Å². The van der Waals surface area contributed by atoms with Crippen LogP contribution in [0.1, 0.15) is 23.6 Å². The lowest BCUT2D eigenvalue weighted by molar-refractivity contribution is 0.324. The highest BCUT2D eigenvalue weighted by Gasteiger charge is 2.48. The summed E-state index contributed by atoms with van der Waals surface area (Å²) in [5, 5.41) is 0. The zero-order valence-electron chi connectivity index (χ0n) is 14.0. The van der Waals surface area contributed by atoms with Gasteiger partial charge in [0.15, 0.2) is 0 Å². The molecule has 0 bridgehead atoms. The summed E-state index contributed by atoms with van der Waals surface area (Å²) in [5.41, 5.74) is 3.05. The van der Waals surface area contributed by atoms with Crippen LogP contribution in [-0.2, 0) is 5.41 Å². The van der Waals surface area contributed by atoms with Gasteiger partial charge in [-0.1, -0.05) is 97.9 Å². The van der Waals surface area contributed by atoms with Crippen molar-refractivity contribution in [2.45, 2.75) is 12.3 Å². The fourth-order valence-corrected chi connectivity index (χ4v) is 3.97. The number of hydrogen-bond donors (Lipinski definition) is 1. The van der Waals surface area contributed by atoms with Crippen molar-refractivity contribution in [3.63, 3.8) is 0 Å². The van der Waals surface area contributed by atoms with Gasteiger partial charge in [0.1, 0.15) is 0 Å². The predicted octanol–water partition coefficient (Wildman–Crippen LogP) is 5.79. The highest BCUT2D eigenvalue weighted by Crippen LogP contribution is 2.52. The van der Waals surface area contributed by atoms with Crippen LogP contribution in [0.3, 0.4) is 0 Å². The normalized spacial score (nSPS) is 12.1. The summed E-state index contributed by atoms with van der Waals surface area (Å²) in [5.74, 6) is 0.672. The van der Waals surface area contributed by atoms with Crippen molar-refractivity contribution in [3.05, 3.63) is 115 Å². The Kier molecular flexibility index (Phi) is 4.82. The van der Waals surface area contributed by atoms with Crippen LogP contribution in [0.2, 0.25) is 0 Å². The van der Waals surface area contributed by atoms with E-state index in [1.165, 1.54) is 16.7 Å². The zero-order valence-corrected chi connectivity index (χ0v) is 14.9. The minimum absolute atomic E-state index is 0.319. The third-order valence-corrected chi connectivity index (χ3v) is 5.57. The quantitative estimate of drug-likeness (QED) is 0.444. The third-order valence-electron chi connectivity index (χ3n) is 4.87. The Hall–Kier alpha value is -1.99. The lowest BCUT2D eigenvalue weighted by Gasteiger charge is -2.48. The molecule has 1 unspecified atom stereocenters. The Bertz CT molecular complexity index is 664. The molecule has 0 N–H and O–H groups in total. The van der Waals surface area contributed by atoms with E-state index in [0.29, 0.717) is 5.75 Å². The second-order valence-corrected chi connectivity index (χ2v) is 6.88. The van der Waals surface area contributed by atoms with Gasteiger partial charge in [-0.05, 0) is 34.8 Å². The first-order chi connectivity index (χ1) is 11.6. The van der Waals surface area contributed by atoms with E-state index in [1.807, 2.05) is 0 Å². The van der Waals surface area contributed by atoms with Gasteiger partial charge in [-0.2, -0.15) is 12.6 Å². The van der Waals surface area contributed by atoms with E-state index in [9.17, 15) is 0 Å². The van der Waals surface area contributed by atoms with Gasteiger partial charge in [0.05, 0.1) is 5.41 Å². The van der Waals surface area contributed by atoms with E-state index in [1.54, 1.807) is 0 Å². The Morgan fingerprint density at radius 3 is 1.21 bits per heavy atom. The molecule has 3 aromatic carbocycles. The summed E-state index contributed by atoms with van der Waals surface area (Å²) in [6.07, 6.45) is 0. The summed E-state index contributed by atoms with van der Waals surface area (Å²) in [6.45, 7) is 6.82. The largest absolute Gasteiger partial charge is 0.179 e. The van der Waals surface area contributed by atoms with Gasteiger partial charge in [0.25, 0.3) is 0 Å². The van der Waals surface area contributed by atoms with Crippen LogP contribution in [0.15, 0.2) is 91.0 Å². The van der Waals surface area contributed by atoms with Crippen molar-refractivity contribution in [1.29, 1.82) is 0 Å². The molecule has 1 radical (unpaired) electrons. The molecule has 121 valence electrons. The second-order valence-electron chi connectivity index (χ2n) is 6.57. The molecule has 0 fully saturated rings. The lowest BCUT2D eigenvalue weighted by Crippen LogP contribution is -2.45. The van der Waals surface area contributed by atoms with Crippen molar-refractivity contribution >= 4 is 12.6 Å². The molecule has 1 atom stereocenters. The maximum Gasteiger partial charge on any atom is 0.0512 e. The van der Waals surface area contributed by atoms with Crippen LogP contribution in [0, 0.1) is 12.3 Å². The molecule has 24 heavy (non-hydrogen) atoms. The number of thiol groups is 1. The molecule has 0 aliphatic heterocycles. The number of rotatable bonds is 5. The first-order valence-electron chi connectivity index (χ1n) is 8.26. The van der Waals surface area contributed by atoms with Gasteiger partial charge in [0, 0.05) is 0 Å². The van der Waals surface area contributed by atoms with E-state index >= 15 is 0 Å². The van der Waals surface area contributed by atoms with Crippen LogP contribution >= 0.6 is 12.6 Å². The average molecular weight is 332 g/mol. The molecule has 0 spiro atoms. The molecule has 1 heteroatoms.